The van der Waals surface area contributed by atoms with Crippen molar-refractivity contribution in [1.29, 1.82) is 0 Å². The first-order chi connectivity index (χ1) is 8.24. The van der Waals surface area contributed by atoms with Crippen molar-refractivity contribution in [3.63, 3.8) is 0 Å². The van der Waals surface area contributed by atoms with Crippen molar-refractivity contribution >= 4 is 12.0 Å². The molecule has 1 aliphatic rings. The topological polar surface area (TPSA) is 29.5 Å². The highest BCUT2D eigenvalue weighted by atomic mass is 19.1. The normalized spacial score (nSPS) is 20.4. The second-order valence-electron chi connectivity index (χ2n) is 4.19. The SMILES string of the molecule is CCC1COCCN1c1cc(F)cc(C=O)c1. The zero-order valence-electron chi connectivity index (χ0n) is 9.86. The quantitative estimate of drug-likeness (QED) is 0.755. The lowest BCUT2D eigenvalue weighted by atomic mass is 10.1. The van der Waals surface area contributed by atoms with Gasteiger partial charge in [0.25, 0.3) is 0 Å². The first-order valence-electron chi connectivity index (χ1n) is 5.84. The molecule has 0 radical (unpaired) electrons. The standard InChI is InChI=1S/C13H16FNO2/c1-2-12-9-17-4-3-15(12)13-6-10(8-16)5-11(14)7-13/h5-8,12H,2-4,9H2,1H3. The van der Waals surface area contributed by atoms with E-state index < -0.39 is 0 Å². The summed E-state index contributed by atoms with van der Waals surface area (Å²) in [5.41, 5.74) is 1.14. The average molecular weight is 237 g/mol. The van der Waals surface area contributed by atoms with Gasteiger partial charge in [0.15, 0.2) is 0 Å². The number of rotatable bonds is 3. The summed E-state index contributed by atoms with van der Waals surface area (Å²) in [6.45, 7) is 4.11. The van der Waals surface area contributed by atoms with Crippen LogP contribution in [0.4, 0.5) is 10.1 Å². The Hall–Kier alpha value is -1.42. The van der Waals surface area contributed by atoms with Crippen LogP contribution in [-0.2, 0) is 4.74 Å². The zero-order chi connectivity index (χ0) is 12.3. The molecule has 1 aliphatic heterocycles. The predicted octanol–water partition coefficient (Wildman–Crippen LogP) is 2.25. The maximum absolute atomic E-state index is 13.4. The maximum Gasteiger partial charge on any atom is 0.150 e. The number of ether oxygens (including phenoxy) is 1. The summed E-state index contributed by atoms with van der Waals surface area (Å²) in [7, 11) is 0. The predicted molar refractivity (Wildman–Crippen MR) is 64.0 cm³/mol. The van der Waals surface area contributed by atoms with Gasteiger partial charge < -0.3 is 9.64 Å². The molecule has 1 aromatic rings. The van der Waals surface area contributed by atoms with Crippen molar-refractivity contribution in [1.82, 2.24) is 0 Å². The highest BCUT2D eigenvalue weighted by Gasteiger charge is 2.22. The van der Waals surface area contributed by atoms with E-state index in [1.165, 1.54) is 12.1 Å². The molecule has 1 heterocycles. The molecule has 0 aliphatic carbocycles. The first kappa shape index (κ1) is 12.0. The number of benzene rings is 1. The van der Waals surface area contributed by atoms with Crippen LogP contribution in [0.25, 0.3) is 0 Å². The third-order valence-corrected chi connectivity index (χ3v) is 3.07. The van der Waals surface area contributed by atoms with Crippen molar-refractivity contribution in [2.75, 3.05) is 24.7 Å². The van der Waals surface area contributed by atoms with Gasteiger partial charge in [-0.3, -0.25) is 4.79 Å². The number of nitrogens with zero attached hydrogens (tertiary/aromatic N) is 1. The largest absolute Gasteiger partial charge is 0.377 e. The van der Waals surface area contributed by atoms with Crippen LogP contribution in [0, 0.1) is 5.82 Å². The van der Waals surface area contributed by atoms with Crippen molar-refractivity contribution in [3.05, 3.63) is 29.6 Å². The Morgan fingerprint density at radius 3 is 3.06 bits per heavy atom. The summed E-state index contributed by atoms with van der Waals surface area (Å²) in [6.07, 6.45) is 1.61. The summed E-state index contributed by atoms with van der Waals surface area (Å²) in [5, 5.41) is 0. The van der Waals surface area contributed by atoms with Crippen LogP contribution in [0.5, 0.6) is 0 Å². The highest BCUT2D eigenvalue weighted by Crippen LogP contribution is 2.23. The summed E-state index contributed by atoms with van der Waals surface area (Å²) >= 11 is 0. The molecule has 1 fully saturated rings. The minimum atomic E-state index is -0.369. The number of carbonyl (C=O) groups excluding carboxylic acids is 1. The maximum atomic E-state index is 13.4. The van der Waals surface area contributed by atoms with Gasteiger partial charge in [-0.15, -0.1) is 0 Å². The van der Waals surface area contributed by atoms with Crippen LogP contribution < -0.4 is 4.90 Å². The van der Waals surface area contributed by atoms with Crippen molar-refractivity contribution in [2.45, 2.75) is 19.4 Å². The number of aldehydes is 1. The van der Waals surface area contributed by atoms with Gasteiger partial charge in [-0.2, -0.15) is 0 Å². The van der Waals surface area contributed by atoms with Gasteiger partial charge in [0.05, 0.1) is 19.3 Å². The fraction of sp³-hybridized carbons (Fsp3) is 0.462. The second-order valence-corrected chi connectivity index (χ2v) is 4.19. The molecular weight excluding hydrogens is 221 g/mol. The second kappa shape index (κ2) is 5.27. The molecule has 2 rings (SSSR count). The smallest absolute Gasteiger partial charge is 0.150 e. The summed E-state index contributed by atoms with van der Waals surface area (Å²) < 4.78 is 18.8. The monoisotopic (exact) mass is 237 g/mol. The molecule has 3 nitrogen and oxygen atoms in total. The Labute approximate surface area is 100 Å². The third kappa shape index (κ3) is 2.64. The Morgan fingerprint density at radius 2 is 2.35 bits per heavy atom. The minimum Gasteiger partial charge on any atom is -0.377 e. The van der Waals surface area contributed by atoms with E-state index >= 15 is 0 Å². The Bertz CT molecular complexity index is 408. The van der Waals surface area contributed by atoms with Crippen LogP contribution in [0.2, 0.25) is 0 Å². The van der Waals surface area contributed by atoms with Crippen LogP contribution in [0.15, 0.2) is 18.2 Å². The molecule has 1 atom stereocenters. The van der Waals surface area contributed by atoms with Crippen molar-refractivity contribution in [3.8, 4) is 0 Å². The molecule has 1 aromatic carbocycles. The molecule has 0 amide bonds. The van der Waals surface area contributed by atoms with E-state index in [0.29, 0.717) is 25.1 Å². The Morgan fingerprint density at radius 1 is 1.53 bits per heavy atom. The van der Waals surface area contributed by atoms with Crippen LogP contribution in [-0.4, -0.2) is 32.1 Å². The summed E-state index contributed by atoms with van der Waals surface area (Å²) in [4.78, 5) is 12.8. The van der Waals surface area contributed by atoms with Gasteiger partial charge in [-0.25, -0.2) is 4.39 Å². The van der Waals surface area contributed by atoms with Gasteiger partial charge in [-0.05, 0) is 24.6 Å². The molecular formula is C13H16FNO2. The fourth-order valence-electron chi connectivity index (χ4n) is 2.16. The lowest BCUT2D eigenvalue weighted by molar-refractivity contribution is 0.0929. The summed E-state index contributed by atoms with van der Waals surface area (Å²) in [5.74, 6) is -0.369. The molecule has 0 N–H and O–H groups in total. The van der Waals surface area contributed by atoms with Crippen molar-refractivity contribution in [2.24, 2.45) is 0 Å². The number of anilines is 1. The number of morpholine rings is 1. The molecule has 1 unspecified atom stereocenters. The van der Waals surface area contributed by atoms with Gasteiger partial charge in [0, 0.05) is 17.8 Å². The highest BCUT2D eigenvalue weighted by molar-refractivity contribution is 5.77. The van der Waals surface area contributed by atoms with E-state index in [9.17, 15) is 9.18 Å². The zero-order valence-corrected chi connectivity index (χ0v) is 9.86. The average Bonchev–Trinajstić information content (AvgIpc) is 2.37. The molecule has 0 spiro atoms. The fourth-order valence-corrected chi connectivity index (χ4v) is 2.16. The molecule has 4 heteroatoms. The van der Waals surface area contributed by atoms with Gasteiger partial charge in [-0.1, -0.05) is 6.92 Å². The van der Waals surface area contributed by atoms with Crippen LogP contribution >= 0.6 is 0 Å². The van der Waals surface area contributed by atoms with Crippen molar-refractivity contribution < 1.29 is 13.9 Å². The number of hydrogen-bond donors (Lipinski definition) is 0. The number of hydrogen-bond acceptors (Lipinski definition) is 3. The number of carbonyl (C=O) groups is 1. The van der Waals surface area contributed by atoms with Gasteiger partial charge >= 0.3 is 0 Å². The first-order valence-corrected chi connectivity index (χ1v) is 5.84. The Balaban J connectivity index is 2.30. The van der Waals surface area contributed by atoms with Crippen LogP contribution in [0.3, 0.4) is 0 Å². The number of halogens is 1. The molecule has 0 bridgehead atoms. The van der Waals surface area contributed by atoms with E-state index in [1.807, 2.05) is 0 Å². The molecule has 17 heavy (non-hydrogen) atoms. The van der Waals surface area contributed by atoms with Gasteiger partial charge in [0.1, 0.15) is 12.1 Å². The van der Waals surface area contributed by atoms with Gasteiger partial charge in [0.2, 0.25) is 0 Å². The molecule has 1 saturated heterocycles. The lowest BCUT2D eigenvalue weighted by Crippen LogP contribution is -2.45. The van der Waals surface area contributed by atoms with E-state index in [-0.39, 0.29) is 11.9 Å². The lowest BCUT2D eigenvalue weighted by Gasteiger charge is -2.37. The van der Waals surface area contributed by atoms with E-state index in [4.69, 9.17) is 4.74 Å². The molecule has 92 valence electrons. The Kier molecular flexibility index (Phi) is 3.74. The third-order valence-electron chi connectivity index (χ3n) is 3.07. The van der Waals surface area contributed by atoms with E-state index in [1.54, 1.807) is 6.07 Å². The minimum absolute atomic E-state index is 0.255. The van der Waals surface area contributed by atoms with E-state index in [0.717, 1.165) is 18.7 Å². The molecule has 0 aromatic heterocycles. The summed E-state index contributed by atoms with van der Waals surface area (Å²) in [6, 6.07) is 4.70. The molecule has 0 saturated carbocycles. The van der Waals surface area contributed by atoms with Crippen LogP contribution in [0.1, 0.15) is 23.7 Å². The van der Waals surface area contributed by atoms with E-state index in [2.05, 4.69) is 11.8 Å².